The van der Waals surface area contributed by atoms with Crippen LogP contribution in [0.1, 0.15) is 33.6 Å². The minimum Gasteiger partial charge on any atom is -0.406 e. The molecule has 1 saturated carbocycles. The zero-order valence-electron chi connectivity index (χ0n) is 12.4. The van der Waals surface area contributed by atoms with Crippen LogP contribution in [0.5, 0.6) is 0 Å². The summed E-state index contributed by atoms with van der Waals surface area (Å²) in [5, 5.41) is 0.252. The summed E-state index contributed by atoms with van der Waals surface area (Å²) in [7, 11) is -1.64. The van der Waals surface area contributed by atoms with Gasteiger partial charge in [0, 0.05) is 0 Å². The highest BCUT2D eigenvalue weighted by Gasteiger charge is 2.36. The van der Waals surface area contributed by atoms with E-state index in [9.17, 15) is 0 Å². The molecule has 2 nitrogen and oxygen atoms in total. The molecule has 0 heterocycles. The van der Waals surface area contributed by atoms with Crippen molar-refractivity contribution < 1.29 is 9.16 Å². The Labute approximate surface area is 113 Å². The summed E-state index contributed by atoms with van der Waals surface area (Å²) >= 11 is 0. The standard InChI is InChI=1S/C15H26O2Si/c1-15(2,3)18(4,5)17-12-7-6-11-16-13-10-14-8-9-14/h10H,8-9,11-13H2,1-5H3. The first kappa shape index (κ1) is 15.5. The van der Waals surface area contributed by atoms with Crippen LogP contribution in [0.2, 0.25) is 18.1 Å². The maximum atomic E-state index is 5.95. The van der Waals surface area contributed by atoms with Crippen LogP contribution in [0.4, 0.5) is 0 Å². The number of rotatable bonds is 5. The van der Waals surface area contributed by atoms with E-state index in [1.54, 1.807) is 0 Å². The Kier molecular flexibility index (Phi) is 5.65. The minimum absolute atomic E-state index is 0.252. The van der Waals surface area contributed by atoms with E-state index in [1.165, 1.54) is 18.4 Å². The fourth-order valence-corrected chi connectivity index (χ4v) is 1.96. The van der Waals surface area contributed by atoms with E-state index in [-0.39, 0.29) is 5.04 Å². The molecule has 0 aliphatic heterocycles. The molecule has 0 spiro atoms. The van der Waals surface area contributed by atoms with Gasteiger partial charge in [0.2, 0.25) is 0 Å². The Morgan fingerprint density at radius 2 is 1.78 bits per heavy atom. The van der Waals surface area contributed by atoms with Crippen LogP contribution in [-0.2, 0) is 9.16 Å². The van der Waals surface area contributed by atoms with Crippen molar-refractivity contribution in [2.45, 2.75) is 51.7 Å². The van der Waals surface area contributed by atoms with Crippen molar-refractivity contribution in [2.75, 3.05) is 19.8 Å². The Hall–Kier alpha value is -0.563. The lowest BCUT2D eigenvalue weighted by Crippen LogP contribution is -2.40. The third kappa shape index (κ3) is 5.86. The number of hydrogen-bond donors (Lipinski definition) is 0. The topological polar surface area (TPSA) is 18.5 Å². The highest BCUT2D eigenvalue weighted by molar-refractivity contribution is 6.74. The van der Waals surface area contributed by atoms with Crippen molar-refractivity contribution >= 4 is 8.32 Å². The molecule has 0 aromatic rings. The van der Waals surface area contributed by atoms with Gasteiger partial charge in [-0.25, -0.2) is 0 Å². The van der Waals surface area contributed by atoms with E-state index < -0.39 is 8.32 Å². The van der Waals surface area contributed by atoms with Crippen LogP contribution in [-0.4, -0.2) is 28.1 Å². The first-order valence-corrected chi connectivity index (χ1v) is 9.59. The molecule has 1 aliphatic carbocycles. The molecular weight excluding hydrogens is 240 g/mol. The van der Waals surface area contributed by atoms with Gasteiger partial charge in [0.1, 0.15) is 6.61 Å². The van der Waals surface area contributed by atoms with E-state index in [2.05, 4.69) is 51.8 Å². The molecule has 0 radical (unpaired) electrons. The summed E-state index contributed by atoms with van der Waals surface area (Å²) in [6, 6.07) is 0. The molecule has 0 aromatic carbocycles. The van der Waals surface area contributed by atoms with Crippen LogP contribution >= 0.6 is 0 Å². The predicted octanol–water partition coefficient (Wildman–Crippen LogP) is 3.75. The van der Waals surface area contributed by atoms with Crippen LogP contribution in [0.25, 0.3) is 0 Å². The van der Waals surface area contributed by atoms with Gasteiger partial charge in [-0.1, -0.05) is 44.3 Å². The molecule has 0 bridgehead atoms. The van der Waals surface area contributed by atoms with Crippen molar-refractivity contribution in [3.63, 3.8) is 0 Å². The molecule has 0 saturated heterocycles. The van der Waals surface area contributed by atoms with Gasteiger partial charge in [0.25, 0.3) is 0 Å². The van der Waals surface area contributed by atoms with Crippen LogP contribution in [0.15, 0.2) is 11.6 Å². The molecular formula is C15H26O2Si. The molecule has 1 fully saturated rings. The number of allylic oxidation sites excluding steroid dienone is 1. The molecule has 0 atom stereocenters. The zero-order valence-corrected chi connectivity index (χ0v) is 13.4. The van der Waals surface area contributed by atoms with Gasteiger partial charge in [0.05, 0.1) is 13.2 Å². The highest BCUT2D eigenvalue weighted by Crippen LogP contribution is 2.36. The van der Waals surface area contributed by atoms with Gasteiger partial charge in [-0.2, -0.15) is 0 Å². The summed E-state index contributed by atoms with van der Waals surface area (Å²) < 4.78 is 11.3. The second kappa shape index (κ2) is 6.56. The Balaban J connectivity index is 2.11. The lowest BCUT2D eigenvalue weighted by molar-refractivity contribution is 0.199. The first-order valence-electron chi connectivity index (χ1n) is 6.68. The largest absolute Gasteiger partial charge is 0.406 e. The predicted molar refractivity (Wildman–Crippen MR) is 79.1 cm³/mol. The molecule has 0 amide bonds. The number of ether oxygens (including phenoxy) is 1. The molecule has 0 aromatic heterocycles. The minimum atomic E-state index is -1.64. The normalized spacial score (nSPS) is 15.1. The van der Waals surface area contributed by atoms with Crippen molar-refractivity contribution in [3.8, 4) is 11.8 Å². The van der Waals surface area contributed by atoms with E-state index >= 15 is 0 Å². The SMILES string of the molecule is CC(C)(C)[Si](C)(C)OCC#CCOCC=C1CC1. The van der Waals surface area contributed by atoms with E-state index in [0.717, 1.165) is 0 Å². The highest BCUT2D eigenvalue weighted by atomic mass is 28.4. The maximum Gasteiger partial charge on any atom is 0.193 e. The van der Waals surface area contributed by atoms with Crippen molar-refractivity contribution in [1.29, 1.82) is 0 Å². The van der Waals surface area contributed by atoms with Gasteiger partial charge in [-0.05, 0) is 31.0 Å². The molecule has 1 rings (SSSR count). The molecule has 0 unspecified atom stereocenters. The third-order valence-electron chi connectivity index (χ3n) is 3.64. The van der Waals surface area contributed by atoms with Gasteiger partial charge in [-0.3, -0.25) is 0 Å². The second-order valence-corrected chi connectivity index (χ2v) is 11.1. The third-order valence-corrected chi connectivity index (χ3v) is 8.12. The Morgan fingerprint density at radius 3 is 2.33 bits per heavy atom. The zero-order chi connectivity index (χ0) is 13.6. The van der Waals surface area contributed by atoms with Gasteiger partial charge >= 0.3 is 0 Å². The fraction of sp³-hybridized carbons (Fsp3) is 0.733. The Morgan fingerprint density at radius 1 is 1.17 bits per heavy atom. The monoisotopic (exact) mass is 266 g/mol. The Bertz CT molecular complexity index is 347. The molecule has 18 heavy (non-hydrogen) atoms. The van der Waals surface area contributed by atoms with E-state index in [0.29, 0.717) is 19.8 Å². The second-order valence-electron chi connectivity index (χ2n) is 6.28. The molecule has 1 aliphatic rings. The van der Waals surface area contributed by atoms with E-state index in [4.69, 9.17) is 9.16 Å². The lowest BCUT2D eigenvalue weighted by atomic mass is 10.2. The summed E-state index contributed by atoms with van der Waals surface area (Å²) in [6.07, 6.45) is 4.68. The van der Waals surface area contributed by atoms with Crippen molar-refractivity contribution in [2.24, 2.45) is 0 Å². The maximum absolute atomic E-state index is 5.95. The van der Waals surface area contributed by atoms with Crippen LogP contribution < -0.4 is 0 Å². The smallest absolute Gasteiger partial charge is 0.193 e. The quantitative estimate of drug-likeness (QED) is 0.326. The van der Waals surface area contributed by atoms with Crippen molar-refractivity contribution in [1.82, 2.24) is 0 Å². The molecule has 102 valence electrons. The fourth-order valence-electron chi connectivity index (χ4n) is 1.10. The summed E-state index contributed by atoms with van der Waals surface area (Å²) in [6.45, 7) is 12.9. The summed E-state index contributed by atoms with van der Waals surface area (Å²) in [4.78, 5) is 0. The number of hydrogen-bond acceptors (Lipinski definition) is 2. The van der Waals surface area contributed by atoms with E-state index in [1.807, 2.05) is 0 Å². The summed E-state index contributed by atoms with van der Waals surface area (Å²) in [5.74, 6) is 6.03. The first-order chi connectivity index (χ1) is 8.33. The van der Waals surface area contributed by atoms with Crippen LogP contribution in [0.3, 0.4) is 0 Å². The summed E-state index contributed by atoms with van der Waals surface area (Å²) in [5.41, 5.74) is 1.52. The average Bonchev–Trinajstić information content (AvgIpc) is 3.04. The average molecular weight is 266 g/mol. The molecule has 0 N–H and O–H groups in total. The van der Waals surface area contributed by atoms with Gasteiger partial charge in [0.15, 0.2) is 8.32 Å². The van der Waals surface area contributed by atoms with Crippen LogP contribution in [0, 0.1) is 11.8 Å². The molecule has 3 heteroatoms. The van der Waals surface area contributed by atoms with Gasteiger partial charge in [-0.15, -0.1) is 0 Å². The lowest BCUT2D eigenvalue weighted by Gasteiger charge is -2.35. The van der Waals surface area contributed by atoms with Gasteiger partial charge < -0.3 is 9.16 Å². The van der Waals surface area contributed by atoms with Crippen molar-refractivity contribution in [3.05, 3.63) is 11.6 Å².